The summed E-state index contributed by atoms with van der Waals surface area (Å²) < 4.78 is 31.5. The van der Waals surface area contributed by atoms with Gasteiger partial charge in [-0.2, -0.15) is 0 Å². The number of benzene rings is 2. The Morgan fingerprint density at radius 3 is 2.23 bits per heavy atom. The molecule has 2 amide bonds. The maximum Gasteiger partial charge on any atom is 0.323 e. The third-order valence-electron chi connectivity index (χ3n) is 4.60. The van der Waals surface area contributed by atoms with Crippen molar-refractivity contribution < 1.29 is 18.3 Å². The zero-order valence-electron chi connectivity index (χ0n) is 15.9. The molecule has 154 valence electrons. The number of amides is 2. The first kappa shape index (κ1) is 19.7. The van der Waals surface area contributed by atoms with Crippen LogP contribution in [-0.2, 0) is 4.74 Å². The molecule has 0 bridgehead atoms. The van der Waals surface area contributed by atoms with E-state index < -0.39 is 17.7 Å². The van der Waals surface area contributed by atoms with Crippen molar-refractivity contribution in [3.05, 3.63) is 66.2 Å². The van der Waals surface area contributed by atoms with Crippen molar-refractivity contribution in [3.8, 4) is 11.3 Å². The van der Waals surface area contributed by atoms with Gasteiger partial charge in [0.25, 0.3) is 0 Å². The number of urea groups is 1. The van der Waals surface area contributed by atoms with Gasteiger partial charge in [-0.05, 0) is 36.4 Å². The van der Waals surface area contributed by atoms with E-state index in [4.69, 9.17) is 4.74 Å². The van der Waals surface area contributed by atoms with Crippen molar-refractivity contribution in [2.75, 3.05) is 41.8 Å². The molecule has 3 aromatic rings. The van der Waals surface area contributed by atoms with Crippen LogP contribution in [0.2, 0.25) is 0 Å². The second kappa shape index (κ2) is 8.83. The number of ether oxygens (including phenoxy) is 1. The predicted molar refractivity (Wildman–Crippen MR) is 109 cm³/mol. The Morgan fingerprint density at radius 2 is 1.57 bits per heavy atom. The van der Waals surface area contributed by atoms with Gasteiger partial charge in [0.2, 0.25) is 0 Å². The van der Waals surface area contributed by atoms with Crippen LogP contribution in [0.3, 0.4) is 0 Å². The van der Waals surface area contributed by atoms with Crippen LogP contribution in [-0.4, -0.2) is 42.5 Å². The highest BCUT2D eigenvalue weighted by Crippen LogP contribution is 2.21. The van der Waals surface area contributed by atoms with Crippen LogP contribution < -0.4 is 15.5 Å². The maximum absolute atomic E-state index is 13.2. The average molecular weight is 411 g/mol. The summed E-state index contributed by atoms with van der Waals surface area (Å²) in [5.41, 5.74) is 2.25. The van der Waals surface area contributed by atoms with Gasteiger partial charge in [-0.15, -0.1) is 10.2 Å². The van der Waals surface area contributed by atoms with E-state index in [0.717, 1.165) is 36.6 Å². The number of rotatable bonds is 4. The van der Waals surface area contributed by atoms with Crippen molar-refractivity contribution in [2.24, 2.45) is 0 Å². The van der Waals surface area contributed by atoms with Gasteiger partial charge in [0, 0.05) is 36.1 Å². The molecule has 9 heteroatoms. The first-order valence-electron chi connectivity index (χ1n) is 9.38. The standard InChI is InChI=1S/C21H19F2N5O2/c22-17-6-5-16(13-18(17)23)25-21(29)24-15-3-1-14(2-4-15)19-7-8-20(27-26-19)28-9-11-30-12-10-28/h1-8,13H,9-12H2,(H2,24,25,29). The largest absolute Gasteiger partial charge is 0.378 e. The van der Waals surface area contributed by atoms with Crippen molar-refractivity contribution >= 4 is 23.2 Å². The Kier molecular flexibility index (Phi) is 5.80. The number of aromatic nitrogens is 2. The summed E-state index contributed by atoms with van der Waals surface area (Å²) >= 11 is 0. The molecule has 0 unspecified atom stereocenters. The summed E-state index contributed by atoms with van der Waals surface area (Å²) in [6.45, 7) is 2.95. The lowest BCUT2D eigenvalue weighted by Gasteiger charge is -2.27. The molecule has 0 spiro atoms. The van der Waals surface area contributed by atoms with E-state index >= 15 is 0 Å². The lowest BCUT2D eigenvalue weighted by atomic mass is 10.1. The Morgan fingerprint density at radius 1 is 0.867 bits per heavy atom. The van der Waals surface area contributed by atoms with Gasteiger partial charge < -0.3 is 20.3 Å². The minimum Gasteiger partial charge on any atom is -0.378 e. The van der Waals surface area contributed by atoms with Gasteiger partial charge in [-0.25, -0.2) is 13.6 Å². The van der Waals surface area contributed by atoms with Gasteiger partial charge in [-0.1, -0.05) is 12.1 Å². The zero-order valence-corrected chi connectivity index (χ0v) is 15.9. The number of anilines is 3. The molecule has 1 saturated heterocycles. The summed E-state index contributed by atoms with van der Waals surface area (Å²) in [6.07, 6.45) is 0. The number of morpholine rings is 1. The van der Waals surface area contributed by atoms with E-state index in [9.17, 15) is 13.6 Å². The fraction of sp³-hybridized carbons (Fsp3) is 0.190. The van der Waals surface area contributed by atoms with Gasteiger partial charge >= 0.3 is 6.03 Å². The van der Waals surface area contributed by atoms with Crippen molar-refractivity contribution in [1.82, 2.24) is 10.2 Å². The Balaban J connectivity index is 1.37. The number of hydrogen-bond acceptors (Lipinski definition) is 5. The highest BCUT2D eigenvalue weighted by molar-refractivity contribution is 5.99. The predicted octanol–water partition coefficient (Wildman–Crippen LogP) is 3.90. The van der Waals surface area contributed by atoms with Gasteiger partial charge in [0.05, 0.1) is 18.9 Å². The van der Waals surface area contributed by atoms with Crippen LogP contribution in [0.1, 0.15) is 0 Å². The fourth-order valence-corrected chi connectivity index (χ4v) is 3.03. The Labute approximate surface area is 171 Å². The highest BCUT2D eigenvalue weighted by Gasteiger charge is 2.13. The number of nitrogens with one attached hydrogen (secondary N) is 2. The summed E-state index contributed by atoms with van der Waals surface area (Å²) in [7, 11) is 0. The number of nitrogens with zero attached hydrogens (tertiary/aromatic N) is 3. The zero-order chi connectivity index (χ0) is 20.9. The molecule has 0 saturated carbocycles. The molecule has 2 heterocycles. The van der Waals surface area contributed by atoms with Gasteiger partial charge in [0.1, 0.15) is 0 Å². The second-order valence-electron chi connectivity index (χ2n) is 6.66. The lowest BCUT2D eigenvalue weighted by molar-refractivity contribution is 0.122. The minimum atomic E-state index is -1.03. The number of halogens is 2. The molecule has 1 aliphatic rings. The van der Waals surface area contributed by atoms with Gasteiger partial charge in [-0.3, -0.25) is 0 Å². The molecule has 30 heavy (non-hydrogen) atoms. The summed E-state index contributed by atoms with van der Waals surface area (Å²) in [5.74, 6) is -1.19. The van der Waals surface area contributed by atoms with E-state index in [-0.39, 0.29) is 5.69 Å². The fourth-order valence-electron chi connectivity index (χ4n) is 3.03. The van der Waals surface area contributed by atoms with Gasteiger partial charge in [0.15, 0.2) is 17.5 Å². The average Bonchev–Trinajstić information content (AvgIpc) is 2.77. The van der Waals surface area contributed by atoms with Crippen LogP contribution in [0.5, 0.6) is 0 Å². The van der Waals surface area contributed by atoms with Crippen LogP contribution in [0, 0.1) is 11.6 Å². The molecular weight excluding hydrogens is 392 g/mol. The molecular formula is C21H19F2N5O2. The third-order valence-corrected chi connectivity index (χ3v) is 4.60. The van der Waals surface area contributed by atoms with E-state index in [1.165, 1.54) is 6.07 Å². The maximum atomic E-state index is 13.2. The second-order valence-corrected chi connectivity index (χ2v) is 6.66. The van der Waals surface area contributed by atoms with Crippen molar-refractivity contribution in [1.29, 1.82) is 0 Å². The van der Waals surface area contributed by atoms with E-state index in [1.54, 1.807) is 12.1 Å². The molecule has 0 aliphatic carbocycles. The summed E-state index contributed by atoms with van der Waals surface area (Å²) in [4.78, 5) is 14.2. The highest BCUT2D eigenvalue weighted by atomic mass is 19.2. The SMILES string of the molecule is O=C(Nc1ccc(-c2ccc(N3CCOCC3)nn2)cc1)Nc1ccc(F)c(F)c1. The Hall–Kier alpha value is -3.59. The molecule has 7 nitrogen and oxygen atoms in total. The molecule has 1 fully saturated rings. The normalized spacial score (nSPS) is 13.7. The quantitative estimate of drug-likeness (QED) is 0.681. The van der Waals surface area contributed by atoms with Crippen LogP contribution in [0.15, 0.2) is 54.6 Å². The Bertz CT molecular complexity index is 1020. The lowest BCUT2D eigenvalue weighted by Crippen LogP contribution is -2.36. The molecule has 2 aromatic carbocycles. The van der Waals surface area contributed by atoms with E-state index in [2.05, 4.69) is 25.7 Å². The summed E-state index contributed by atoms with van der Waals surface area (Å²) in [5, 5.41) is 13.7. The topological polar surface area (TPSA) is 79.4 Å². The molecule has 2 N–H and O–H groups in total. The van der Waals surface area contributed by atoms with Crippen LogP contribution in [0.4, 0.5) is 30.8 Å². The first-order valence-corrected chi connectivity index (χ1v) is 9.38. The number of carbonyl (C=O) groups excluding carboxylic acids is 1. The molecule has 1 aromatic heterocycles. The van der Waals surface area contributed by atoms with Crippen LogP contribution in [0.25, 0.3) is 11.3 Å². The minimum absolute atomic E-state index is 0.152. The monoisotopic (exact) mass is 411 g/mol. The van der Waals surface area contributed by atoms with E-state index in [1.807, 2.05) is 24.3 Å². The van der Waals surface area contributed by atoms with Crippen molar-refractivity contribution in [3.63, 3.8) is 0 Å². The first-order chi connectivity index (χ1) is 14.6. The van der Waals surface area contributed by atoms with E-state index in [0.29, 0.717) is 24.6 Å². The smallest absolute Gasteiger partial charge is 0.323 e. The summed E-state index contributed by atoms with van der Waals surface area (Å²) in [6, 6.07) is 13.5. The number of carbonyl (C=O) groups is 1. The molecule has 1 aliphatic heterocycles. The molecule has 4 rings (SSSR count). The molecule has 0 radical (unpaired) electrons. The van der Waals surface area contributed by atoms with Crippen LogP contribution >= 0.6 is 0 Å². The number of hydrogen-bond donors (Lipinski definition) is 2. The third kappa shape index (κ3) is 4.69. The van der Waals surface area contributed by atoms with Crippen molar-refractivity contribution in [2.45, 2.75) is 0 Å². The molecule has 0 atom stereocenters.